The van der Waals surface area contributed by atoms with Gasteiger partial charge in [-0.15, -0.1) is 6.58 Å². The lowest BCUT2D eigenvalue weighted by Crippen LogP contribution is -2.39. The fraction of sp³-hybridized carbons (Fsp3) is 0.684. The highest BCUT2D eigenvalue weighted by atomic mass is 15.3. The number of rotatable bonds is 12. The number of hydrogen-bond acceptors (Lipinski definition) is 2. The van der Waals surface area contributed by atoms with Crippen molar-refractivity contribution in [2.24, 2.45) is 4.99 Å². The predicted octanol–water partition coefficient (Wildman–Crippen LogP) is 3.62. The molecule has 0 saturated carbocycles. The Morgan fingerprint density at radius 1 is 1.33 bits per heavy atom. The first kappa shape index (κ1) is 20.3. The molecule has 0 aliphatic carbocycles. The van der Waals surface area contributed by atoms with Crippen LogP contribution in [0.5, 0.6) is 0 Å². The zero-order chi connectivity index (χ0) is 17.6. The van der Waals surface area contributed by atoms with Crippen LogP contribution >= 0.6 is 0 Å². The average molecular weight is 334 g/mol. The van der Waals surface area contributed by atoms with Crippen molar-refractivity contribution in [1.29, 1.82) is 0 Å². The molecule has 0 fully saturated rings. The third kappa shape index (κ3) is 8.18. The molecule has 5 nitrogen and oxygen atoms in total. The Bertz CT molecular complexity index is 478. The highest BCUT2D eigenvalue weighted by Crippen LogP contribution is 2.03. The van der Waals surface area contributed by atoms with E-state index < -0.39 is 0 Å². The Balaban J connectivity index is 2.27. The van der Waals surface area contributed by atoms with Crippen LogP contribution in [-0.4, -0.2) is 47.1 Å². The van der Waals surface area contributed by atoms with Crippen LogP contribution in [0.1, 0.15) is 51.3 Å². The van der Waals surface area contributed by atoms with E-state index in [4.69, 9.17) is 4.99 Å². The Morgan fingerprint density at radius 3 is 2.83 bits per heavy atom. The van der Waals surface area contributed by atoms with Crippen molar-refractivity contribution in [1.82, 2.24) is 19.8 Å². The smallest absolute Gasteiger partial charge is 0.193 e. The molecule has 1 rings (SSSR count). The minimum Gasteiger partial charge on any atom is -0.357 e. The molecule has 0 atom stereocenters. The van der Waals surface area contributed by atoms with Gasteiger partial charge in [0.05, 0.1) is 0 Å². The summed E-state index contributed by atoms with van der Waals surface area (Å²) in [6, 6.07) is 0. The molecule has 136 valence electrons. The van der Waals surface area contributed by atoms with Crippen molar-refractivity contribution < 1.29 is 0 Å². The molecule has 5 heteroatoms. The van der Waals surface area contributed by atoms with Crippen molar-refractivity contribution >= 4 is 5.96 Å². The molecule has 1 heterocycles. The van der Waals surface area contributed by atoms with E-state index in [1.165, 1.54) is 19.3 Å². The molecule has 0 amide bonds. The van der Waals surface area contributed by atoms with Gasteiger partial charge < -0.3 is 14.8 Å². The molecule has 1 aromatic rings. The van der Waals surface area contributed by atoms with Gasteiger partial charge in [0.1, 0.15) is 5.82 Å². The number of aryl methyl sites for hydroxylation is 2. The van der Waals surface area contributed by atoms with E-state index in [9.17, 15) is 0 Å². The summed E-state index contributed by atoms with van der Waals surface area (Å²) in [6.45, 7) is 11.8. The van der Waals surface area contributed by atoms with Gasteiger partial charge in [0, 0.05) is 45.6 Å². The number of nitrogens with zero attached hydrogens (tertiary/aromatic N) is 4. The maximum Gasteiger partial charge on any atom is 0.193 e. The van der Waals surface area contributed by atoms with Gasteiger partial charge >= 0.3 is 0 Å². The molecular weight excluding hydrogens is 298 g/mol. The minimum atomic E-state index is 0.872. The molecule has 0 bridgehead atoms. The van der Waals surface area contributed by atoms with Gasteiger partial charge in [-0.1, -0.05) is 12.5 Å². The van der Waals surface area contributed by atoms with Crippen LogP contribution in [0.3, 0.4) is 0 Å². The topological polar surface area (TPSA) is 45.5 Å². The van der Waals surface area contributed by atoms with Crippen LogP contribution in [0.2, 0.25) is 0 Å². The van der Waals surface area contributed by atoms with Crippen LogP contribution in [0, 0.1) is 6.92 Å². The van der Waals surface area contributed by atoms with Gasteiger partial charge in [0.2, 0.25) is 0 Å². The van der Waals surface area contributed by atoms with Crippen LogP contribution in [0.4, 0.5) is 0 Å². The highest BCUT2D eigenvalue weighted by Gasteiger charge is 2.04. The lowest BCUT2D eigenvalue weighted by molar-refractivity contribution is 0.454. The van der Waals surface area contributed by atoms with Crippen molar-refractivity contribution in [3.63, 3.8) is 0 Å². The first-order valence-electron chi connectivity index (χ1n) is 9.27. The summed E-state index contributed by atoms with van der Waals surface area (Å²) < 4.78 is 2.20. The zero-order valence-corrected chi connectivity index (χ0v) is 15.8. The third-order valence-corrected chi connectivity index (χ3v) is 4.09. The lowest BCUT2D eigenvalue weighted by Gasteiger charge is -2.22. The summed E-state index contributed by atoms with van der Waals surface area (Å²) in [6.07, 6.45) is 12.9. The number of imidazole rings is 1. The Labute approximate surface area is 147 Å². The van der Waals surface area contributed by atoms with E-state index in [0.717, 1.165) is 57.2 Å². The van der Waals surface area contributed by atoms with Crippen molar-refractivity contribution in [2.45, 2.75) is 58.9 Å². The van der Waals surface area contributed by atoms with E-state index in [2.05, 4.69) is 40.3 Å². The van der Waals surface area contributed by atoms with Gasteiger partial charge in [-0.05, 0) is 46.0 Å². The third-order valence-electron chi connectivity index (χ3n) is 4.09. The molecular formula is C19H35N5. The predicted molar refractivity (Wildman–Crippen MR) is 103 cm³/mol. The summed E-state index contributed by atoms with van der Waals surface area (Å²) >= 11 is 0. The molecule has 0 unspecified atom stereocenters. The van der Waals surface area contributed by atoms with E-state index in [1.807, 2.05) is 25.4 Å². The quantitative estimate of drug-likeness (QED) is 0.275. The zero-order valence-electron chi connectivity index (χ0n) is 15.8. The monoisotopic (exact) mass is 333 g/mol. The van der Waals surface area contributed by atoms with Gasteiger partial charge in [-0.2, -0.15) is 0 Å². The second-order valence-electron chi connectivity index (χ2n) is 6.17. The molecule has 0 aromatic carbocycles. The fourth-order valence-corrected chi connectivity index (χ4v) is 2.61. The molecule has 1 N–H and O–H groups in total. The van der Waals surface area contributed by atoms with Crippen LogP contribution < -0.4 is 5.32 Å². The van der Waals surface area contributed by atoms with Crippen molar-refractivity contribution in [3.8, 4) is 0 Å². The second-order valence-corrected chi connectivity index (χ2v) is 6.17. The van der Waals surface area contributed by atoms with Crippen molar-refractivity contribution in [2.75, 3.05) is 26.7 Å². The summed E-state index contributed by atoms with van der Waals surface area (Å²) in [7, 11) is 2.13. The summed E-state index contributed by atoms with van der Waals surface area (Å²) in [4.78, 5) is 11.3. The fourth-order valence-electron chi connectivity index (χ4n) is 2.61. The van der Waals surface area contributed by atoms with Crippen LogP contribution in [-0.2, 0) is 6.54 Å². The largest absolute Gasteiger partial charge is 0.357 e. The first-order valence-corrected chi connectivity index (χ1v) is 9.27. The lowest BCUT2D eigenvalue weighted by atomic mass is 10.2. The molecule has 0 radical (unpaired) electrons. The van der Waals surface area contributed by atoms with E-state index in [1.54, 1.807) is 0 Å². The van der Waals surface area contributed by atoms with E-state index >= 15 is 0 Å². The molecule has 0 aliphatic rings. The maximum atomic E-state index is 4.76. The van der Waals surface area contributed by atoms with Gasteiger partial charge in [0.15, 0.2) is 5.96 Å². The maximum absolute atomic E-state index is 4.76. The standard InChI is InChI=1S/C19H35N5/c1-5-7-8-9-11-15-23(4)19(20-6-2)22-13-10-12-16-24-17-14-21-18(24)3/h5,14,17H,1,6-13,15-16H2,2-4H3,(H,20,22). The summed E-state index contributed by atoms with van der Waals surface area (Å²) in [5.74, 6) is 2.11. The number of aromatic nitrogens is 2. The van der Waals surface area contributed by atoms with Crippen LogP contribution in [0.15, 0.2) is 30.0 Å². The molecule has 24 heavy (non-hydrogen) atoms. The summed E-state index contributed by atoms with van der Waals surface area (Å²) in [5.41, 5.74) is 0. The average Bonchev–Trinajstić information content (AvgIpc) is 2.98. The Hall–Kier alpha value is -1.78. The number of nitrogens with one attached hydrogen (secondary N) is 1. The number of guanidine groups is 1. The normalized spacial score (nSPS) is 11.5. The molecule has 0 spiro atoms. The number of allylic oxidation sites excluding steroid dienone is 1. The van der Waals surface area contributed by atoms with E-state index in [0.29, 0.717) is 0 Å². The van der Waals surface area contributed by atoms with Gasteiger partial charge in [-0.25, -0.2) is 4.98 Å². The van der Waals surface area contributed by atoms with E-state index in [-0.39, 0.29) is 0 Å². The van der Waals surface area contributed by atoms with Gasteiger partial charge in [-0.3, -0.25) is 4.99 Å². The first-order chi connectivity index (χ1) is 11.7. The van der Waals surface area contributed by atoms with Gasteiger partial charge in [0.25, 0.3) is 0 Å². The highest BCUT2D eigenvalue weighted by molar-refractivity contribution is 5.79. The summed E-state index contributed by atoms with van der Waals surface area (Å²) in [5, 5.41) is 3.39. The number of hydrogen-bond donors (Lipinski definition) is 1. The second kappa shape index (κ2) is 12.6. The number of unbranched alkanes of at least 4 members (excludes halogenated alkanes) is 4. The molecule has 0 saturated heterocycles. The van der Waals surface area contributed by atoms with Crippen molar-refractivity contribution in [3.05, 3.63) is 30.9 Å². The SMILES string of the molecule is C=CCCCCCN(C)C(=NCCCCn1ccnc1C)NCC. The number of aliphatic imine (C=N–C) groups is 1. The molecule has 1 aromatic heterocycles. The van der Waals surface area contributed by atoms with Crippen LogP contribution in [0.25, 0.3) is 0 Å². The minimum absolute atomic E-state index is 0.872. The Morgan fingerprint density at radius 2 is 2.17 bits per heavy atom. The molecule has 0 aliphatic heterocycles. The Kier molecular flexibility index (Phi) is 10.7.